The molecule has 6 heteroatoms. The molecule has 0 rings (SSSR count). The van der Waals surface area contributed by atoms with Crippen molar-refractivity contribution in [2.24, 2.45) is 5.92 Å². The molecule has 0 aliphatic carbocycles. The highest BCUT2D eigenvalue weighted by atomic mass is 16.4. The van der Waals surface area contributed by atoms with Crippen molar-refractivity contribution in [3.05, 3.63) is 0 Å². The SMILES string of the molecule is CC(=O)O.CCCC(=O)O.CCCCC(CC)C(=O)O. The van der Waals surface area contributed by atoms with Gasteiger partial charge in [-0.3, -0.25) is 14.4 Å². The first-order valence-corrected chi connectivity index (χ1v) is 6.86. The molecule has 1 unspecified atom stereocenters. The molecule has 20 heavy (non-hydrogen) atoms. The number of rotatable bonds is 7. The molecule has 0 aromatic carbocycles. The lowest BCUT2D eigenvalue weighted by atomic mass is 10.00. The largest absolute Gasteiger partial charge is 0.481 e. The number of unbranched alkanes of at least 4 members (excludes halogenated alkanes) is 1. The van der Waals surface area contributed by atoms with E-state index in [9.17, 15) is 9.59 Å². The highest BCUT2D eigenvalue weighted by Crippen LogP contribution is 2.11. The van der Waals surface area contributed by atoms with E-state index in [-0.39, 0.29) is 5.92 Å². The lowest BCUT2D eigenvalue weighted by Crippen LogP contribution is -2.11. The minimum absolute atomic E-state index is 0.111. The van der Waals surface area contributed by atoms with Crippen LogP contribution in [-0.4, -0.2) is 33.2 Å². The van der Waals surface area contributed by atoms with E-state index in [0.717, 1.165) is 39.0 Å². The maximum atomic E-state index is 10.4. The van der Waals surface area contributed by atoms with Crippen molar-refractivity contribution < 1.29 is 29.7 Å². The van der Waals surface area contributed by atoms with E-state index in [4.69, 9.17) is 20.1 Å². The van der Waals surface area contributed by atoms with Crippen LogP contribution in [0.3, 0.4) is 0 Å². The van der Waals surface area contributed by atoms with Gasteiger partial charge in [0, 0.05) is 13.3 Å². The molecule has 0 saturated carbocycles. The monoisotopic (exact) mass is 292 g/mol. The van der Waals surface area contributed by atoms with Gasteiger partial charge in [0.05, 0.1) is 5.92 Å². The van der Waals surface area contributed by atoms with Gasteiger partial charge >= 0.3 is 11.9 Å². The molecule has 0 radical (unpaired) electrons. The predicted molar refractivity (Wildman–Crippen MR) is 76.8 cm³/mol. The molecular weight excluding hydrogens is 264 g/mol. The standard InChI is InChI=1S/C8H16O2.C4H8O2.C2H4O2/c1-3-5-6-7(4-2)8(9)10;1-2-3-4(5)6;1-2(3)4/h7H,3-6H2,1-2H3,(H,9,10);2-3H2,1H3,(H,5,6);1H3,(H,3,4). The van der Waals surface area contributed by atoms with Crippen LogP contribution in [0, 0.1) is 5.92 Å². The third-order valence-corrected chi connectivity index (χ3v) is 2.21. The molecule has 0 aliphatic heterocycles. The average Bonchev–Trinajstić information content (AvgIpc) is 2.29. The van der Waals surface area contributed by atoms with Crippen LogP contribution in [0.15, 0.2) is 0 Å². The predicted octanol–water partition coefficient (Wildman–Crippen LogP) is 3.25. The summed E-state index contributed by atoms with van der Waals surface area (Å²) in [6.45, 7) is 6.93. The first kappa shape index (κ1) is 23.5. The van der Waals surface area contributed by atoms with Crippen molar-refractivity contribution in [3.63, 3.8) is 0 Å². The quantitative estimate of drug-likeness (QED) is 0.664. The summed E-state index contributed by atoms with van der Waals surface area (Å²) >= 11 is 0. The maximum Gasteiger partial charge on any atom is 0.306 e. The van der Waals surface area contributed by atoms with Crippen LogP contribution >= 0.6 is 0 Å². The van der Waals surface area contributed by atoms with Crippen molar-refractivity contribution >= 4 is 17.9 Å². The summed E-state index contributed by atoms with van der Waals surface area (Å²) in [5, 5.41) is 23.9. The van der Waals surface area contributed by atoms with Gasteiger partial charge in [0.1, 0.15) is 0 Å². The van der Waals surface area contributed by atoms with E-state index in [1.165, 1.54) is 0 Å². The zero-order valence-electron chi connectivity index (χ0n) is 12.9. The molecule has 0 aromatic heterocycles. The van der Waals surface area contributed by atoms with Crippen LogP contribution in [0.4, 0.5) is 0 Å². The minimum atomic E-state index is -0.833. The van der Waals surface area contributed by atoms with Gasteiger partial charge < -0.3 is 15.3 Å². The molecule has 0 bridgehead atoms. The molecule has 3 N–H and O–H groups in total. The second-order valence-electron chi connectivity index (χ2n) is 4.25. The van der Waals surface area contributed by atoms with Crippen LogP contribution in [0.5, 0.6) is 0 Å². The van der Waals surface area contributed by atoms with E-state index in [0.29, 0.717) is 6.42 Å². The Morgan fingerprint density at radius 2 is 1.40 bits per heavy atom. The smallest absolute Gasteiger partial charge is 0.306 e. The Balaban J connectivity index is -0.000000246. The van der Waals surface area contributed by atoms with Crippen molar-refractivity contribution in [1.82, 2.24) is 0 Å². The number of carboxylic acid groups (broad SMARTS) is 3. The molecule has 1 atom stereocenters. The van der Waals surface area contributed by atoms with Gasteiger partial charge in [0.15, 0.2) is 0 Å². The van der Waals surface area contributed by atoms with Gasteiger partial charge in [-0.25, -0.2) is 0 Å². The van der Waals surface area contributed by atoms with Gasteiger partial charge in [-0.05, 0) is 19.3 Å². The van der Waals surface area contributed by atoms with E-state index in [1.807, 2.05) is 13.8 Å². The molecule has 0 aliphatic rings. The maximum absolute atomic E-state index is 10.4. The van der Waals surface area contributed by atoms with Gasteiger partial charge in [-0.1, -0.05) is 33.6 Å². The second-order valence-corrected chi connectivity index (χ2v) is 4.25. The van der Waals surface area contributed by atoms with Crippen molar-refractivity contribution in [1.29, 1.82) is 0 Å². The Kier molecular flexibility index (Phi) is 20.5. The van der Waals surface area contributed by atoms with Gasteiger partial charge in [0.2, 0.25) is 0 Å². The number of carbonyl (C=O) groups is 3. The first-order chi connectivity index (χ1) is 9.22. The summed E-state index contributed by atoms with van der Waals surface area (Å²) in [6.07, 6.45) is 4.74. The first-order valence-electron chi connectivity index (χ1n) is 6.86. The van der Waals surface area contributed by atoms with Crippen LogP contribution in [0.2, 0.25) is 0 Å². The summed E-state index contributed by atoms with van der Waals surface area (Å²) in [4.78, 5) is 29.0. The number of hydrogen-bond donors (Lipinski definition) is 3. The zero-order chi connectivity index (χ0) is 16.6. The zero-order valence-corrected chi connectivity index (χ0v) is 12.9. The van der Waals surface area contributed by atoms with E-state index < -0.39 is 17.9 Å². The molecule has 0 amide bonds. The van der Waals surface area contributed by atoms with Gasteiger partial charge in [-0.2, -0.15) is 0 Å². The lowest BCUT2D eigenvalue weighted by molar-refractivity contribution is -0.142. The summed E-state index contributed by atoms with van der Waals surface area (Å²) in [5.74, 6) is -2.30. The molecule has 6 nitrogen and oxygen atoms in total. The Morgan fingerprint density at radius 1 is 0.950 bits per heavy atom. The summed E-state index contributed by atoms with van der Waals surface area (Å²) in [7, 11) is 0. The number of hydrogen-bond acceptors (Lipinski definition) is 3. The molecule has 120 valence electrons. The van der Waals surface area contributed by atoms with Crippen LogP contribution in [0.25, 0.3) is 0 Å². The van der Waals surface area contributed by atoms with Crippen molar-refractivity contribution in [3.8, 4) is 0 Å². The fourth-order valence-electron chi connectivity index (χ4n) is 1.17. The normalized spacial score (nSPS) is 10.2. The molecular formula is C14H28O6. The second kappa shape index (κ2) is 17.4. The highest BCUT2D eigenvalue weighted by Gasteiger charge is 2.12. The average molecular weight is 292 g/mol. The topological polar surface area (TPSA) is 112 Å². The summed E-state index contributed by atoms with van der Waals surface area (Å²) in [6, 6.07) is 0. The molecule has 0 aromatic rings. The van der Waals surface area contributed by atoms with Crippen LogP contribution in [0.1, 0.15) is 66.2 Å². The fraction of sp³-hybridized carbons (Fsp3) is 0.786. The van der Waals surface area contributed by atoms with E-state index in [2.05, 4.69) is 6.92 Å². The van der Waals surface area contributed by atoms with Crippen molar-refractivity contribution in [2.45, 2.75) is 66.2 Å². The Morgan fingerprint density at radius 3 is 1.55 bits per heavy atom. The Hall–Kier alpha value is -1.59. The third-order valence-electron chi connectivity index (χ3n) is 2.21. The van der Waals surface area contributed by atoms with E-state index >= 15 is 0 Å². The number of carboxylic acids is 3. The molecule has 0 fully saturated rings. The van der Waals surface area contributed by atoms with E-state index in [1.54, 1.807) is 0 Å². The fourth-order valence-corrected chi connectivity index (χ4v) is 1.17. The van der Waals surface area contributed by atoms with Crippen LogP contribution in [-0.2, 0) is 14.4 Å². The molecule has 0 heterocycles. The van der Waals surface area contributed by atoms with Crippen molar-refractivity contribution in [2.75, 3.05) is 0 Å². The van der Waals surface area contributed by atoms with Gasteiger partial charge in [-0.15, -0.1) is 0 Å². The Bertz CT molecular complexity index is 258. The van der Waals surface area contributed by atoms with Crippen LogP contribution < -0.4 is 0 Å². The number of aliphatic carboxylic acids is 3. The Labute approximate surface area is 120 Å². The highest BCUT2D eigenvalue weighted by molar-refractivity contribution is 5.69. The molecule has 0 saturated heterocycles. The van der Waals surface area contributed by atoms with Gasteiger partial charge in [0.25, 0.3) is 5.97 Å². The molecule has 0 spiro atoms. The summed E-state index contributed by atoms with van der Waals surface area (Å²) < 4.78 is 0. The lowest BCUT2D eigenvalue weighted by Gasteiger charge is -2.06. The third kappa shape index (κ3) is 29.9. The summed E-state index contributed by atoms with van der Waals surface area (Å²) in [5.41, 5.74) is 0. The minimum Gasteiger partial charge on any atom is -0.481 e.